The first-order valence-electron chi connectivity index (χ1n) is 9.36. The van der Waals surface area contributed by atoms with Crippen LogP contribution in [-0.4, -0.2) is 35.5 Å². The molecule has 0 aliphatic rings. The van der Waals surface area contributed by atoms with Gasteiger partial charge in [-0.05, 0) is 54.6 Å². The minimum absolute atomic E-state index is 0.00457. The normalized spacial score (nSPS) is 11.6. The predicted molar refractivity (Wildman–Crippen MR) is 131 cm³/mol. The van der Waals surface area contributed by atoms with Gasteiger partial charge in [0.1, 0.15) is 6.54 Å². The predicted octanol–water partition coefficient (Wildman–Crippen LogP) is 4.20. The van der Waals surface area contributed by atoms with Crippen molar-refractivity contribution in [2.75, 3.05) is 27.1 Å². The zero-order chi connectivity index (χ0) is 24.2. The second-order valence-electron chi connectivity index (χ2n) is 6.91. The zero-order valence-corrected chi connectivity index (χ0v) is 20.3. The Labute approximate surface area is 202 Å². The summed E-state index contributed by atoms with van der Waals surface area (Å²) in [6.45, 7) is -0.546. The van der Waals surface area contributed by atoms with E-state index in [2.05, 4.69) is 10.0 Å². The molecule has 0 aliphatic carbocycles. The van der Waals surface area contributed by atoms with Crippen molar-refractivity contribution < 1.29 is 21.6 Å². The maximum atomic E-state index is 12.5. The average molecular weight is 528 g/mol. The quantitative estimate of drug-likeness (QED) is 0.455. The van der Waals surface area contributed by atoms with Crippen LogP contribution in [0.4, 0.5) is 17.1 Å². The summed E-state index contributed by atoms with van der Waals surface area (Å²) in [6, 6.07) is 18.1. The van der Waals surface area contributed by atoms with Gasteiger partial charge in [-0.1, -0.05) is 41.4 Å². The molecule has 0 radical (unpaired) electrons. The maximum Gasteiger partial charge on any atom is 0.261 e. The van der Waals surface area contributed by atoms with Gasteiger partial charge in [0.25, 0.3) is 10.0 Å². The third kappa shape index (κ3) is 6.61. The molecule has 1 amide bonds. The van der Waals surface area contributed by atoms with Gasteiger partial charge in [-0.2, -0.15) is 0 Å². The van der Waals surface area contributed by atoms with Gasteiger partial charge in [-0.15, -0.1) is 0 Å². The fourth-order valence-corrected chi connectivity index (χ4v) is 5.32. The number of carbonyl (C=O) groups excluding carboxylic acids is 1. The van der Waals surface area contributed by atoms with Gasteiger partial charge in [0.2, 0.25) is 15.9 Å². The lowest BCUT2D eigenvalue weighted by atomic mass is 10.3. The fourth-order valence-electron chi connectivity index (χ4n) is 2.83. The van der Waals surface area contributed by atoms with Crippen LogP contribution in [0.25, 0.3) is 0 Å². The van der Waals surface area contributed by atoms with Crippen LogP contribution in [0.2, 0.25) is 10.0 Å². The third-order valence-corrected chi connectivity index (χ3v) is 7.40. The van der Waals surface area contributed by atoms with Gasteiger partial charge < -0.3 is 5.32 Å². The van der Waals surface area contributed by atoms with Crippen molar-refractivity contribution in [2.45, 2.75) is 4.90 Å². The fraction of sp³-hybridized carbons (Fsp3) is 0.0952. The molecule has 3 aromatic rings. The Morgan fingerprint density at radius 3 is 2.09 bits per heavy atom. The summed E-state index contributed by atoms with van der Waals surface area (Å²) in [6.07, 6.45) is 0.949. The highest BCUT2D eigenvalue weighted by atomic mass is 35.5. The van der Waals surface area contributed by atoms with Crippen molar-refractivity contribution in [3.63, 3.8) is 0 Å². The van der Waals surface area contributed by atoms with Crippen molar-refractivity contribution in [1.82, 2.24) is 0 Å². The number of anilines is 3. The lowest BCUT2D eigenvalue weighted by Crippen LogP contribution is -2.37. The third-order valence-electron chi connectivity index (χ3n) is 4.34. The number of benzene rings is 3. The molecule has 0 bridgehead atoms. The summed E-state index contributed by atoms with van der Waals surface area (Å²) < 4.78 is 52.8. The topological polar surface area (TPSA) is 113 Å². The highest BCUT2D eigenvalue weighted by Gasteiger charge is 2.23. The monoisotopic (exact) mass is 527 g/mol. The summed E-state index contributed by atoms with van der Waals surface area (Å²) >= 11 is 12.0. The molecule has 0 saturated heterocycles. The Balaban J connectivity index is 1.73. The Kier molecular flexibility index (Phi) is 7.53. The Morgan fingerprint density at radius 2 is 1.52 bits per heavy atom. The smallest absolute Gasteiger partial charge is 0.261 e. The van der Waals surface area contributed by atoms with E-state index < -0.39 is 32.5 Å². The van der Waals surface area contributed by atoms with Crippen molar-refractivity contribution in [2.24, 2.45) is 0 Å². The van der Waals surface area contributed by atoms with Gasteiger partial charge in [0, 0.05) is 16.4 Å². The SMILES string of the molecule is CS(=O)(=O)N(CC(=O)Nc1ccc(S(=O)(=O)Nc2ccccc2)cc1)c1ccc(Cl)cc1Cl. The molecule has 0 heterocycles. The molecular weight excluding hydrogens is 509 g/mol. The maximum absolute atomic E-state index is 12.5. The average Bonchev–Trinajstić information content (AvgIpc) is 2.72. The van der Waals surface area contributed by atoms with E-state index in [1.54, 1.807) is 30.3 Å². The van der Waals surface area contributed by atoms with Gasteiger partial charge >= 0.3 is 0 Å². The minimum atomic E-state index is -3.84. The molecular formula is C21H19Cl2N3O5S2. The van der Waals surface area contributed by atoms with Crippen molar-refractivity contribution in [1.29, 1.82) is 0 Å². The molecule has 8 nitrogen and oxygen atoms in total. The lowest BCUT2D eigenvalue weighted by Gasteiger charge is -2.23. The van der Waals surface area contributed by atoms with E-state index in [0.717, 1.165) is 10.6 Å². The van der Waals surface area contributed by atoms with Crippen LogP contribution in [0, 0.1) is 0 Å². The number of hydrogen-bond acceptors (Lipinski definition) is 5. The highest BCUT2D eigenvalue weighted by molar-refractivity contribution is 7.92. The number of carbonyl (C=O) groups is 1. The molecule has 33 heavy (non-hydrogen) atoms. The van der Waals surface area contributed by atoms with E-state index in [1.807, 2.05) is 0 Å². The van der Waals surface area contributed by atoms with Crippen LogP contribution < -0.4 is 14.3 Å². The summed E-state index contributed by atoms with van der Waals surface area (Å²) in [7, 11) is -7.66. The number of para-hydroxylation sites is 1. The highest BCUT2D eigenvalue weighted by Crippen LogP contribution is 2.30. The summed E-state index contributed by atoms with van der Waals surface area (Å²) in [4.78, 5) is 12.5. The molecule has 0 fully saturated rings. The molecule has 0 aromatic heterocycles. The molecule has 0 saturated carbocycles. The van der Waals surface area contributed by atoms with Crippen molar-refractivity contribution in [3.8, 4) is 0 Å². The van der Waals surface area contributed by atoms with Crippen molar-refractivity contribution in [3.05, 3.63) is 82.8 Å². The van der Waals surface area contributed by atoms with Crippen molar-refractivity contribution >= 4 is 66.2 Å². The van der Waals surface area contributed by atoms with Crippen LogP contribution in [0.5, 0.6) is 0 Å². The van der Waals surface area contributed by atoms with Gasteiger partial charge in [0.15, 0.2) is 0 Å². The molecule has 0 unspecified atom stereocenters. The largest absolute Gasteiger partial charge is 0.325 e. The molecule has 0 aliphatic heterocycles. The first kappa shape index (κ1) is 24.8. The summed E-state index contributed by atoms with van der Waals surface area (Å²) in [5.74, 6) is -0.649. The number of hydrogen-bond donors (Lipinski definition) is 2. The zero-order valence-electron chi connectivity index (χ0n) is 17.2. The molecule has 2 N–H and O–H groups in total. The minimum Gasteiger partial charge on any atom is -0.325 e. The Hall–Kier alpha value is -2.79. The number of nitrogens with one attached hydrogen (secondary N) is 2. The van der Waals surface area contributed by atoms with E-state index >= 15 is 0 Å². The summed E-state index contributed by atoms with van der Waals surface area (Å²) in [5, 5.41) is 2.93. The van der Waals surface area contributed by atoms with E-state index in [9.17, 15) is 21.6 Å². The molecule has 0 spiro atoms. The number of halogens is 2. The number of amides is 1. The first-order chi connectivity index (χ1) is 15.5. The van der Waals surface area contributed by atoms with Gasteiger partial charge in [-0.3, -0.25) is 13.8 Å². The molecule has 174 valence electrons. The van der Waals surface area contributed by atoms with E-state index in [4.69, 9.17) is 23.2 Å². The Morgan fingerprint density at radius 1 is 0.879 bits per heavy atom. The van der Waals surface area contributed by atoms with E-state index in [-0.39, 0.29) is 21.3 Å². The van der Waals surface area contributed by atoms with Gasteiger partial charge in [-0.25, -0.2) is 16.8 Å². The van der Waals surface area contributed by atoms with Gasteiger partial charge in [0.05, 0.1) is 21.9 Å². The molecule has 3 rings (SSSR count). The van der Waals surface area contributed by atoms with E-state index in [1.165, 1.54) is 42.5 Å². The molecule has 12 heteroatoms. The van der Waals surface area contributed by atoms with Crippen LogP contribution >= 0.6 is 23.2 Å². The number of rotatable bonds is 8. The van der Waals surface area contributed by atoms with E-state index in [0.29, 0.717) is 10.7 Å². The Bertz CT molecular complexity index is 1360. The second kappa shape index (κ2) is 10.0. The second-order valence-corrected chi connectivity index (χ2v) is 11.3. The number of nitrogens with zero attached hydrogens (tertiary/aromatic N) is 1. The van der Waals surface area contributed by atoms with Crippen LogP contribution in [0.1, 0.15) is 0 Å². The molecule has 3 aromatic carbocycles. The van der Waals surface area contributed by atoms with Crippen LogP contribution in [0.3, 0.4) is 0 Å². The summed E-state index contributed by atoms with van der Waals surface area (Å²) in [5.41, 5.74) is 0.804. The number of sulfonamides is 2. The lowest BCUT2D eigenvalue weighted by molar-refractivity contribution is -0.114. The standard InChI is InChI=1S/C21H19Cl2N3O5S2/c1-32(28,29)26(20-12-7-15(22)13-19(20)23)14-21(27)24-16-8-10-18(11-9-16)33(30,31)25-17-5-3-2-4-6-17/h2-13,25H,14H2,1H3,(H,24,27). The first-order valence-corrected chi connectivity index (χ1v) is 13.4. The van der Waals surface area contributed by atoms with Crippen LogP contribution in [-0.2, 0) is 24.8 Å². The molecule has 0 atom stereocenters. The van der Waals surface area contributed by atoms with Crippen LogP contribution in [0.15, 0.2) is 77.7 Å².